The van der Waals surface area contributed by atoms with Crippen LogP contribution in [0.1, 0.15) is 49.3 Å². The molecule has 0 radical (unpaired) electrons. The third-order valence-corrected chi connectivity index (χ3v) is 11.8. The van der Waals surface area contributed by atoms with Crippen molar-refractivity contribution >= 4 is 42.2 Å². The molecule has 12 heteroatoms. The number of hydrogen-bond acceptors (Lipinski definition) is 8. The summed E-state index contributed by atoms with van der Waals surface area (Å²) in [5.74, 6) is -0.323. The van der Waals surface area contributed by atoms with Crippen molar-refractivity contribution in [2.75, 3.05) is 44.8 Å². The normalized spacial score (nSPS) is 19.4. The van der Waals surface area contributed by atoms with Crippen molar-refractivity contribution in [1.82, 2.24) is 14.2 Å². The standard InChI is InChI=1S/C24H34N4O5S3/c1-17-23(36(32,33)28-14-12-27(2)13-15-28)34-24(25-17)26-22(29)21(16-18-6-4-5-7-18)19-8-10-20(11-9-19)35(3,30)31/h8-11,18,21H,4-7,12-16H2,1-3H3,(H,25,26,29). The van der Waals surface area contributed by atoms with Crippen LogP contribution in [0.25, 0.3) is 0 Å². The number of carbonyl (C=O) groups is 1. The Hall–Kier alpha value is -1.86. The van der Waals surface area contributed by atoms with Crippen molar-refractivity contribution in [1.29, 1.82) is 0 Å². The van der Waals surface area contributed by atoms with Gasteiger partial charge in [0.1, 0.15) is 0 Å². The molecule has 2 aliphatic rings. The highest BCUT2D eigenvalue weighted by molar-refractivity contribution is 7.91. The van der Waals surface area contributed by atoms with Crippen LogP contribution in [0.15, 0.2) is 33.4 Å². The van der Waals surface area contributed by atoms with Crippen molar-refractivity contribution < 1.29 is 21.6 Å². The lowest BCUT2D eigenvalue weighted by atomic mass is 9.87. The van der Waals surface area contributed by atoms with Crippen LogP contribution in [-0.4, -0.2) is 76.4 Å². The quantitative estimate of drug-likeness (QED) is 0.533. The zero-order chi connectivity index (χ0) is 26.1. The molecule has 198 valence electrons. The molecule has 1 aromatic heterocycles. The van der Waals surface area contributed by atoms with Gasteiger partial charge in [-0.1, -0.05) is 49.2 Å². The van der Waals surface area contributed by atoms with Gasteiger partial charge in [-0.05, 0) is 44.0 Å². The number of sulfonamides is 1. The number of sulfone groups is 1. The fourth-order valence-corrected chi connectivity index (χ4v) is 8.54. The van der Waals surface area contributed by atoms with Crippen molar-refractivity contribution in [3.8, 4) is 0 Å². The number of rotatable bonds is 8. The Bertz CT molecular complexity index is 1290. The fourth-order valence-electron chi connectivity index (χ4n) is 4.93. The molecule has 0 spiro atoms. The number of thiazole rings is 1. The highest BCUT2D eigenvalue weighted by atomic mass is 32.2. The van der Waals surface area contributed by atoms with Crippen LogP contribution in [0.3, 0.4) is 0 Å². The number of aromatic nitrogens is 1. The molecule has 1 aliphatic carbocycles. The summed E-state index contributed by atoms with van der Waals surface area (Å²) in [6, 6.07) is 6.47. The second kappa shape index (κ2) is 10.9. The third kappa shape index (κ3) is 6.16. The number of hydrogen-bond donors (Lipinski definition) is 1. The SMILES string of the molecule is Cc1nc(NC(=O)C(CC2CCCC2)c2ccc(S(C)(=O)=O)cc2)sc1S(=O)(=O)N1CCN(C)CC1. The highest BCUT2D eigenvalue weighted by Gasteiger charge is 2.32. The summed E-state index contributed by atoms with van der Waals surface area (Å²) in [4.78, 5) is 20.1. The van der Waals surface area contributed by atoms with Gasteiger partial charge in [0.15, 0.2) is 19.2 Å². The summed E-state index contributed by atoms with van der Waals surface area (Å²) in [5, 5.41) is 3.12. The van der Waals surface area contributed by atoms with Crippen molar-refractivity contribution in [2.45, 2.75) is 54.1 Å². The molecule has 0 bridgehead atoms. The lowest BCUT2D eigenvalue weighted by Crippen LogP contribution is -2.46. The molecule has 1 aliphatic heterocycles. The molecule has 1 unspecified atom stereocenters. The number of anilines is 1. The smallest absolute Gasteiger partial charge is 0.254 e. The van der Waals surface area contributed by atoms with E-state index >= 15 is 0 Å². The molecule has 2 aromatic rings. The van der Waals surface area contributed by atoms with Gasteiger partial charge in [0, 0.05) is 32.4 Å². The molecule has 1 saturated heterocycles. The first-order valence-corrected chi connectivity index (χ1v) is 16.4. The number of likely N-dealkylation sites (N-methyl/N-ethyl adjacent to an activating group) is 1. The topological polar surface area (TPSA) is 117 Å². The Balaban J connectivity index is 1.55. The van der Waals surface area contributed by atoms with Crippen LogP contribution < -0.4 is 5.32 Å². The van der Waals surface area contributed by atoms with E-state index in [1.54, 1.807) is 19.1 Å². The maximum Gasteiger partial charge on any atom is 0.254 e. The Morgan fingerprint density at radius 1 is 1.08 bits per heavy atom. The third-order valence-electron chi connectivity index (χ3n) is 7.09. The number of nitrogens with one attached hydrogen (secondary N) is 1. The first-order valence-electron chi connectivity index (χ1n) is 12.2. The number of amides is 1. The van der Waals surface area contributed by atoms with E-state index in [4.69, 9.17) is 0 Å². The summed E-state index contributed by atoms with van der Waals surface area (Å²) in [6.45, 7) is 3.83. The molecule has 1 atom stereocenters. The minimum atomic E-state index is -3.69. The van der Waals surface area contributed by atoms with E-state index in [2.05, 4.69) is 15.2 Å². The van der Waals surface area contributed by atoms with E-state index in [1.807, 2.05) is 7.05 Å². The summed E-state index contributed by atoms with van der Waals surface area (Å²) in [6.07, 6.45) is 6.23. The number of piperazine rings is 1. The van der Waals surface area contributed by atoms with Crippen LogP contribution in [-0.2, 0) is 24.7 Å². The lowest BCUT2D eigenvalue weighted by Gasteiger charge is -2.31. The van der Waals surface area contributed by atoms with E-state index in [1.165, 1.54) is 16.4 Å². The van der Waals surface area contributed by atoms with E-state index in [9.17, 15) is 21.6 Å². The van der Waals surface area contributed by atoms with Gasteiger partial charge in [0.25, 0.3) is 10.0 Å². The van der Waals surface area contributed by atoms with E-state index in [-0.39, 0.29) is 20.1 Å². The Morgan fingerprint density at radius 3 is 2.28 bits per heavy atom. The van der Waals surface area contributed by atoms with Gasteiger partial charge in [-0.25, -0.2) is 21.8 Å². The second-order valence-corrected chi connectivity index (χ2v) is 15.0. The Morgan fingerprint density at radius 2 is 1.69 bits per heavy atom. The number of nitrogens with zero attached hydrogens (tertiary/aromatic N) is 3. The zero-order valence-corrected chi connectivity index (χ0v) is 23.4. The molecule has 36 heavy (non-hydrogen) atoms. The first-order chi connectivity index (χ1) is 16.9. The van der Waals surface area contributed by atoms with Crippen molar-refractivity contribution in [3.05, 3.63) is 35.5 Å². The number of carbonyl (C=O) groups excluding carboxylic acids is 1. The van der Waals surface area contributed by atoms with Gasteiger partial charge in [-0.3, -0.25) is 4.79 Å². The average Bonchev–Trinajstić information content (AvgIpc) is 3.47. The zero-order valence-electron chi connectivity index (χ0n) is 20.9. The van der Waals surface area contributed by atoms with Crippen LogP contribution in [0.4, 0.5) is 5.13 Å². The maximum atomic E-state index is 13.5. The first kappa shape index (κ1) is 27.2. The minimum Gasteiger partial charge on any atom is -0.304 e. The number of aryl methyl sites for hydroxylation is 1. The molecular weight excluding hydrogens is 520 g/mol. The largest absolute Gasteiger partial charge is 0.304 e. The Kier molecular flexibility index (Phi) is 8.20. The van der Waals surface area contributed by atoms with Gasteiger partial charge >= 0.3 is 0 Å². The molecule has 9 nitrogen and oxygen atoms in total. The van der Waals surface area contributed by atoms with E-state index in [0.717, 1.165) is 48.8 Å². The maximum absolute atomic E-state index is 13.5. The van der Waals surface area contributed by atoms with E-state index < -0.39 is 25.8 Å². The summed E-state index contributed by atoms with van der Waals surface area (Å²) in [5.41, 5.74) is 1.12. The van der Waals surface area contributed by atoms with Gasteiger partial charge in [-0.2, -0.15) is 4.31 Å². The molecule has 1 amide bonds. The molecule has 2 heterocycles. The van der Waals surface area contributed by atoms with Crippen LogP contribution in [0.2, 0.25) is 0 Å². The van der Waals surface area contributed by atoms with Gasteiger partial charge in [0.05, 0.1) is 16.5 Å². The predicted molar refractivity (Wildman–Crippen MR) is 141 cm³/mol. The summed E-state index contributed by atoms with van der Waals surface area (Å²) >= 11 is 0.985. The molecule has 2 fully saturated rings. The van der Waals surface area contributed by atoms with E-state index in [0.29, 0.717) is 44.2 Å². The molecule has 1 aromatic carbocycles. The average molecular weight is 555 g/mol. The van der Waals surface area contributed by atoms with Crippen LogP contribution >= 0.6 is 11.3 Å². The second-order valence-electron chi connectivity index (χ2n) is 9.87. The monoisotopic (exact) mass is 554 g/mol. The minimum absolute atomic E-state index is 0.159. The molecule has 1 saturated carbocycles. The predicted octanol–water partition coefficient (Wildman–Crippen LogP) is 3.09. The summed E-state index contributed by atoms with van der Waals surface area (Å²) in [7, 11) is -5.06. The molecule has 1 N–H and O–H groups in total. The van der Waals surface area contributed by atoms with Crippen molar-refractivity contribution in [3.63, 3.8) is 0 Å². The molecular formula is C24H34N4O5S3. The van der Waals surface area contributed by atoms with Crippen LogP contribution in [0, 0.1) is 12.8 Å². The van der Waals surface area contributed by atoms with Gasteiger partial charge in [0.2, 0.25) is 5.91 Å². The summed E-state index contributed by atoms with van der Waals surface area (Å²) < 4.78 is 51.8. The van der Waals surface area contributed by atoms with Crippen molar-refractivity contribution in [2.24, 2.45) is 5.92 Å². The van der Waals surface area contributed by atoms with Gasteiger partial charge < -0.3 is 10.2 Å². The lowest BCUT2D eigenvalue weighted by molar-refractivity contribution is -0.118. The van der Waals surface area contributed by atoms with Gasteiger partial charge in [-0.15, -0.1) is 0 Å². The van der Waals surface area contributed by atoms with Crippen LogP contribution in [0.5, 0.6) is 0 Å². The number of benzene rings is 1. The highest BCUT2D eigenvalue weighted by Crippen LogP contribution is 2.36. The molecule has 4 rings (SSSR count). The fraction of sp³-hybridized carbons (Fsp3) is 0.583. The Labute approximate surface area is 217 Å².